The second-order valence-corrected chi connectivity index (χ2v) is 5.26. The van der Waals surface area contributed by atoms with Gasteiger partial charge in [-0.05, 0) is 37.8 Å². The fourth-order valence-corrected chi connectivity index (χ4v) is 2.76. The lowest BCUT2D eigenvalue weighted by atomic mass is 10.1. The fourth-order valence-electron chi connectivity index (χ4n) is 2.76. The molecule has 0 atom stereocenters. The molecule has 0 fully saturated rings. The number of anilines is 2. The molecule has 0 spiro atoms. The Morgan fingerprint density at radius 1 is 1.05 bits per heavy atom. The molecule has 3 rings (SSSR count). The van der Waals surface area contributed by atoms with Crippen LogP contribution in [0.4, 0.5) is 11.6 Å². The predicted molar refractivity (Wildman–Crippen MR) is 80.6 cm³/mol. The lowest BCUT2D eigenvalue weighted by Crippen LogP contribution is -2.22. The second kappa shape index (κ2) is 5.09. The van der Waals surface area contributed by atoms with E-state index in [1.54, 1.807) is 0 Å². The molecule has 0 bridgehead atoms. The van der Waals surface area contributed by atoms with Gasteiger partial charge >= 0.3 is 0 Å². The van der Waals surface area contributed by atoms with Crippen LogP contribution < -0.4 is 16.6 Å². The minimum atomic E-state index is 0.381. The molecule has 0 unspecified atom stereocenters. The first kappa shape index (κ1) is 12.9. The number of nitrogen functional groups attached to an aromatic ring is 1. The van der Waals surface area contributed by atoms with Gasteiger partial charge in [-0.3, -0.25) is 0 Å². The zero-order valence-corrected chi connectivity index (χ0v) is 11.8. The van der Waals surface area contributed by atoms with Crippen LogP contribution in [0.5, 0.6) is 0 Å². The molecule has 104 valence electrons. The normalized spacial score (nSPS) is 14.2. The zero-order valence-electron chi connectivity index (χ0n) is 11.8. The Balaban J connectivity index is 1.82. The van der Waals surface area contributed by atoms with Crippen molar-refractivity contribution in [3.63, 3.8) is 0 Å². The van der Waals surface area contributed by atoms with Gasteiger partial charge in [0.05, 0.1) is 0 Å². The van der Waals surface area contributed by atoms with Gasteiger partial charge in [-0.1, -0.05) is 24.3 Å². The van der Waals surface area contributed by atoms with Crippen LogP contribution >= 0.6 is 0 Å². The van der Waals surface area contributed by atoms with E-state index in [-0.39, 0.29) is 0 Å². The molecule has 1 aromatic carbocycles. The third-order valence-corrected chi connectivity index (χ3v) is 3.79. The number of nitrogens with two attached hydrogens (primary N) is 1. The number of hydrogen-bond acceptors (Lipinski definition) is 5. The molecule has 5 heteroatoms. The third kappa shape index (κ3) is 2.32. The molecular formula is C15H19N5. The summed E-state index contributed by atoms with van der Waals surface area (Å²) in [7, 11) is 0. The van der Waals surface area contributed by atoms with E-state index in [9.17, 15) is 0 Å². The molecule has 0 radical (unpaired) electrons. The van der Waals surface area contributed by atoms with Crippen molar-refractivity contribution in [1.29, 1.82) is 0 Å². The lowest BCUT2D eigenvalue weighted by Gasteiger charge is -2.16. The van der Waals surface area contributed by atoms with Crippen molar-refractivity contribution in [3.05, 3.63) is 46.8 Å². The highest BCUT2D eigenvalue weighted by molar-refractivity contribution is 5.57. The molecule has 1 aliphatic rings. The topological polar surface area (TPSA) is 75.9 Å². The van der Waals surface area contributed by atoms with E-state index in [0.29, 0.717) is 17.7 Å². The van der Waals surface area contributed by atoms with Crippen molar-refractivity contribution < 1.29 is 0 Å². The summed E-state index contributed by atoms with van der Waals surface area (Å²) in [5, 5.41) is 3.52. The highest BCUT2D eigenvalue weighted by atomic mass is 15.3. The lowest BCUT2D eigenvalue weighted by molar-refractivity contribution is 0.764. The Bertz CT molecular complexity index is 613. The average molecular weight is 269 g/mol. The van der Waals surface area contributed by atoms with Crippen LogP contribution in [0.2, 0.25) is 0 Å². The number of fused-ring (bicyclic) bond motifs is 1. The van der Waals surface area contributed by atoms with E-state index in [1.165, 1.54) is 11.1 Å². The minimum absolute atomic E-state index is 0.381. The largest absolute Gasteiger partial charge is 0.366 e. The Morgan fingerprint density at radius 3 is 2.25 bits per heavy atom. The number of nitrogens with zero attached hydrogens (tertiary/aromatic N) is 2. The van der Waals surface area contributed by atoms with Crippen molar-refractivity contribution in [2.45, 2.75) is 32.7 Å². The van der Waals surface area contributed by atoms with Crippen molar-refractivity contribution in [2.75, 3.05) is 10.7 Å². The summed E-state index contributed by atoms with van der Waals surface area (Å²) >= 11 is 0. The molecule has 1 aliphatic carbocycles. The van der Waals surface area contributed by atoms with Gasteiger partial charge in [-0.15, -0.1) is 0 Å². The number of rotatable bonds is 3. The average Bonchev–Trinajstić information content (AvgIpc) is 2.84. The molecule has 0 saturated heterocycles. The number of aryl methyl sites for hydroxylation is 1. The molecule has 2 aromatic rings. The van der Waals surface area contributed by atoms with Crippen LogP contribution in [-0.4, -0.2) is 16.0 Å². The summed E-state index contributed by atoms with van der Waals surface area (Å²) in [4.78, 5) is 8.77. The zero-order chi connectivity index (χ0) is 14.1. The van der Waals surface area contributed by atoms with E-state index in [1.807, 2.05) is 13.8 Å². The maximum absolute atomic E-state index is 5.50. The maximum atomic E-state index is 5.50. The maximum Gasteiger partial charge on any atom is 0.148 e. The van der Waals surface area contributed by atoms with E-state index < -0.39 is 0 Å². The standard InChI is InChI=1S/C15H19N5/c1-9-14(17-10(2)18-15(9)20-16)19-13-7-11-5-3-4-6-12(11)8-13/h3-6,13H,7-8,16H2,1-2H3,(H2,17,18,19,20). The van der Waals surface area contributed by atoms with Gasteiger partial charge < -0.3 is 10.7 Å². The van der Waals surface area contributed by atoms with Gasteiger partial charge in [-0.25, -0.2) is 15.8 Å². The number of hydrogen-bond donors (Lipinski definition) is 3. The number of benzene rings is 1. The molecule has 4 N–H and O–H groups in total. The number of nitrogens with one attached hydrogen (secondary N) is 2. The summed E-state index contributed by atoms with van der Waals surface area (Å²) in [5.41, 5.74) is 6.42. The van der Waals surface area contributed by atoms with Crippen LogP contribution in [0.3, 0.4) is 0 Å². The van der Waals surface area contributed by atoms with Crippen LogP contribution in [-0.2, 0) is 12.8 Å². The molecule has 0 saturated carbocycles. The molecule has 0 aliphatic heterocycles. The van der Waals surface area contributed by atoms with E-state index in [0.717, 1.165) is 24.2 Å². The van der Waals surface area contributed by atoms with E-state index in [4.69, 9.17) is 5.84 Å². The monoisotopic (exact) mass is 269 g/mol. The van der Waals surface area contributed by atoms with Crippen LogP contribution in [0.1, 0.15) is 22.5 Å². The van der Waals surface area contributed by atoms with Crippen molar-refractivity contribution in [2.24, 2.45) is 5.84 Å². The predicted octanol–water partition coefficient (Wildman–Crippen LogP) is 1.96. The highest BCUT2D eigenvalue weighted by Crippen LogP contribution is 2.26. The number of hydrazine groups is 1. The van der Waals surface area contributed by atoms with E-state index in [2.05, 4.69) is 45.0 Å². The molecule has 0 amide bonds. The fraction of sp³-hybridized carbons (Fsp3) is 0.333. The van der Waals surface area contributed by atoms with Crippen molar-refractivity contribution >= 4 is 11.6 Å². The Morgan fingerprint density at radius 2 is 1.65 bits per heavy atom. The first-order valence-electron chi connectivity index (χ1n) is 6.82. The van der Waals surface area contributed by atoms with Crippen molar-refractivity contribution in [1.82, 2.24) is 9.97 Å². The van der Waals surface area contributed by atoms with Gasteiger partial charge in [0.2, 0.25) is 0 Å². The first-order valence-corrected chi connectivity index (χ1v) is 6.82. The Hall–Kier alpha value is -2.14. The molecule has 1 heterocycles. The van der Waals surface area contributed by atoms with Crippen LogP contribution in [0.15, 0.2) is 24.3 Å². The summed E-state index contributed by atoms with van der Waals surface area (Å²) in [5.74, 6) is 7.75. The van der Waals surface area contributed by atoms with Crippen LogP contribution in [0.25, 0.3) is 0 Å². The Labute approximate surface area is 118 Å². The van der Waals surface area contributed by atoms with Gasteiger partial charge in [0.1, 0.15) is 17.5 Å². The summed E-state index contributed by atoms with van der Waals surface area (Å²) < 4.78 is 0. The quantitative estimate of drug-likeness (QED) is 0.586. The summed E-state index contributed by atoms with van der Waals surface area (Å²) in [6.07, 6.45) is 2.06. The molecular weight excluding hydrogens is 250 g/mol. The molecule has 20 heavy (non-hydrogen) atoms. The molecule has 1 aromatic heterocycles. The van der Waals surface area contributed by atoms with Gasteiger partial charge in [0, 0.05) is 11.6 Å². The summed E-state index contributed by atoms with van der Waals surface area (Å²) in [6.45, 7) is 3.84. The van der Waals surface area contributed by atoms with E-state index >= 15 is 0 Å². The second-order valence-electron chi connectivity index (χ2n) is 5.26. The smallest absolute Gasteiger partial charge is 0.148 e. The Kier molecular flexibility index (Phi) is 3.28. The van der Waals surface area contributed by atoms with Crippen LogP contribution in [0, 0.1) is 13.8 Å². The SMILES string of the molecule is Cc1nc(NN)c(C)c(NC2Cc3ccccc3C2)n1. The number of aromatic nitrogens is 2. The minimum Gasteiger partial charge on any atom is -0.366 e. The first-order chi connectivity index (χ1) is 9.67. The summed E-state index contributed by atoms with van der Waals surface area (Å²) in [6, 6.07) is 8.96. The van der Waals surface area contributed by atoms with Gasteiger partial charge in [-0.2, -0.15) is 0 Å². The third-order valence-electron chi connectivity index (χ3n) is 3.79. The van der Waals surface area contributed by atoms with Gasteiger partial charge in [0.25, 0.3) is 0 Å². The highest BCUT2D eigenvalue weighted by Gasteiger charge is 2.22. The van der Waals surface area contributed by atoms with Gasteiger partial charge in [0.15, 0.2) is 0 Å². The van der Waals surface area contributed by atoms with Crippen molar-refractivity contribution in [3.8, 4) is 0 Å². The molecule has 5 nitrogen and oxygen atoms in total.